The Labute approximate surface area is 210 Å². The topological polar surface area (TPSA) is 105 Å². The minimum absolute atomic E-state index is 0.304. The Morgan fingerprint density at radius 3 is 2.61 bits per heavy atom. The van der Waals surface area contributed by atoms with E-state index in [1.807, 2.05) is 69.4 Å². The van der Waals surface area contributed by atoms with Crippen molar-refractivity contribution in [2.24, 2.45) is 7.05 Å². The number of benzene rings is 1. The monoisotopic (exact) mass is 489 g/mol. The van der Waals surface area contributed by atoms with Gasteiger partial charge in [0.1, 0.15) is 17.7 Å². The first-order valence-electron chi connectivity index (χ1n) is 11.4. The molecule has 0 atom stereocenters. The molecule has 3 aromatic heterocycles. The van der Waals surface area contributed by atoms with Gasteiger partial charge in [0.25, 0.3) is 0 Å². The first kappa shape index (κ1) is 24.7. The number of rotatable bonds is 10. The highest BCUT2D eigenvalue weighted by atomic mass is 16.5. The molecular weight excluding hydrogens is 458 g/mol. The van der Waals surface area contributed by atoms with Gasteiger partial charge in [-0.25, -0.2) is 4.98 Å². The molecule has 1 amide bonds. The molecule has 36 heavy (non-hydrogen) atoms. The van der Waals surface area contributed by atoms with Gasteiger partial charge in [-0.1, -0.05) is 6.58 Å². The van der Waals surface area contributed by atoms with Crippen molar-refractivity contribution in [1.29, 1.82) is 0 Å². The van der Waals surface area contributed by atoms with Gasteiger partial charge in [-0.2, -0.15) is 10.1 Å². The largest absolute Gasteiger partial charge is 0.494 e. The van der Waals surface area contributed by atoms with Crippen LogP contribution in [0.2, 0.25) is 0 Å². The molecule has 0 radical (unpaired) electrons. The van der Waals surface area contributed by atoms with Crippen LogP contribution in [-0.2, 0) is 11.8 Å². The summed E-state index contributed by atoms with van der Waals surface area (Å²) in [5.41, 5.74) is 4.77. The van der Waals surface area contributed by atoms with E-state index >= 15 is 0 Å². The molecule has 1 aromatic carbocycles. The van der Waals surface area contributed by atoms with Gasteiger partial charge in [-0.3, -0.25) is 13.9 Å². The van der Waals surface area contributed by atoms with Crippen LogP contribution >= 0.6 is 0 Å². The van der Waals surface area contributed by atoms with Crippen LogP contribution in [0.3, 0.4) is 0 Å². The van der Waals surface area contributed by atoms with E-state index in [0.717, 1.165) is 35.6 Å². The van der Waals surface area contributed by atoms with Gasteiger partial charge in [0.05, 0.1) is 30.4 Å². The molecule has 11 nitrogen and oxygen atoms in total. The number of ether oxygens (including phenoxy) is 1. The molecule has 2 N–H and O–H groups in total. The van der Waals surface area contributed by atoms with Crippen molar-refractivity contribution >= 4 is 34.6 Å². The number of aromatic nitrogens is 5. The first-order valence-corrected chi connectivity index (χ1v) is 11.4. The molecule has 3 heterocycles. The number of anilines is 4. The zero-order chi connectivity index (χ0) is 25.8. The van der Waals surface area contributed by atoms with Crippen molar-refractivity contribution in [3.8, 4) is 16.9 Å². The molecule has 0 bridgehead atoms. The summed E-state index contributed by atoms with van der Waals surface area (Å²) in [6, 6.07) is 5.67. The number of fused-ring (bicyclic) bond motifs is 1. The second-order valence-corrected chi connectivity index (χ2v) is 8.69. The number of carbonyl (C=O) groups is 1. The minimum atomic E-state index is -0.304. The number of nitrogens with zero attached hydrogens (tertiary/aromatic N) is 7. The van der Waals surface area contributed by atoms with Crippen molar-refractivity contribution in [2.45, 2.75) is 0 Å². The van der Waals surface area contributed by atoms with Crippen molar-refractivity contribution in [2.75, 3.05) is 56.9 Å². The Balaban J connectivity index is 1.67. The van der Waals surface area contributed by atoms with E-state index in [4.69, 9.17) is 4.74 Å². The normalized spacial score (nSPS) is 11.1. The van der Waals surface area contributed by atoms with Crippen molar-refractivity contribution in [3.05, 3.63) is 55.8 Å². The molecule has 0 aliphatic carbocycles. The summed E-state index contributed by atoms with van der Waals surface area (Å²) < 4.78 is 9.28. The van der Waals surface area contributed by atoms with Gasteiger partial charge in [0.15, 0.2) is 0 Å². The molecule has 0 aliphatic rings. The van der Waals surface area contributed by atoms with Gasteiger partial charge in [0.2, 0.25) is 11.9 Å². The smallest absolute Gasteiger partial charge is 0.247 e. The highest BCUT2D eigenvalue weighted by molar-refractivity contribution is 6.02. The van der Waals surface area contributed by atoms with Gasteiger partial charge >= 0.3 is 0 Å². The Kier molecular flexibility index (Phi) is 7.20. The third-order valence-corrected chi connectivity index (χ3v) is 5.69. The lowest BCUT2D eigenvalue weighted by atomic mass is 10.2. The van der Waals surface area contributed by atoms with Crippen LogP contribution in [0.25, 0.3) is 16.8 Å². The minimum Gasteiger partial charge on any atom is -0.494 e. The Hall–Kier alpha value is -4.38. The van der Waals surface area contributed by atoms with E-state index < -0.39 is 0 Å². The number of likely N-dealkylation sites (N-methyl/N-ethyl adjacent to an activating group) is 2. The predicted octanol–water partition coefficient (Wildman–Crippen LogP) is 3.00. The maximum absolute atomic E-state index is 12.2. The van der Waals surface area contributed by atoms with E-state index in [9.17, 15) is 4.79 Å². The van der Waals surface area contributed by atoms with Crippen LogP contribution < -0.4 is 20.3 Å². The predicted molar refractivity (Wildman–Crippen MR) is 142 cm³/mol. The molecule has 0 saturated carbocycles. The van der Waals surface area contributed by atoms with Gasteiger partial charge < -0.3 is 25.2 Å². The molecule has 0 unspecified atom stereocenters. The van der Waals surface area contributed by atoms with Gasteiger partial charge in [0, 0.05) is 56.8 Å². The maximum atomic E-state index is 12.2. The van der Waals surface area contributed by atoms with Crippen LogP contribution in [0.1, 0.15) is 0 Å². The molecule has 188 valence electrons. The number of amides is 1. The SMILES string of the molecule is C=CC(=O)Nc1cc(Nc2ncn3cc(-c4cnn(C)c4)cc3n2)c(OC)cc1N(C)CCN(C)C. The zero-order valence-corrected chi connectivity index (χ0v) is 21.2. The lowest BCUT2D eigenvalue weighted by molar-refractivity contribution is -0.111. The molecule has 0 spiro atoms. The van der Waals surface area contributed by atoms with Crippen LogP contribution in [0.15, 0.2) is 55.8 Å². The molecule has 11 heteroatoms. The summed E-state index contributed by atoms with van der Waals surface area (Å²) >= 11 is 0. The van der Waals surface area contributed by atoms with E-state index in [2.05, 4.69) is 42.1 Å². The molecule has 4 rings (SSSR count). The fourth-order valence-corrected chi connectivity index (χ4v) is 3.72. The van der Waals surface area contributed by atoms with Crippen LogP contribution in [0.4, 0.5) is 23.0 Å². The molecule has 0 saturated heterocycles. The summed E-state index contributed by atoms with van der Waals surface area (Å²) in [7, 11) is 9.49. The number of hydrogen-bond donors (Lipinski definition) is 2. The molecule has 0 fully saturated rings. The molecular formula is C25H31N9O2. The van der Waals surface area contributed by atoms with Crippen molar-refractivity contribution in [3.63, 3.8) is 0 Å². The standard InChI is InChI=1S/C25H31N9O2/c1-7-24(35)28-19-11-20(22(36-6)12-21(19)32(4)9-8-31(2)3)29-25-26-16-34-15-17(10-23(34)30-25)18-13-27-33(5)14-18/h7,10-16H,1,8-9H2,2-6H3,(H,28,35)(H,29,30). The van der Waals surface area contributed by atoms with Gasteiger partial charge in [-0.15, -0.1) is 0 Å². The maximum Gasteiger partial charge on any atom is 0.247 e. The lowest BCUT2D eigenvalue weighted by Crippen LogP contribution is -2.29. The van der Waals surface area contributed by atoms with Gasteiger partial charge in [-0.05, 0) is 32.3 Å². The van der Waals surface area contributed by atoms with Crippen molar-refractivity contribution in [1.82, 2.24) is 29.0 Å². The Morgan fingerprint density at radius 2 is 1.94 bits per heavy atom. The average molecular weight is 490 g/mol. The number of aryl methyl sites for hydroxylation is 1. The fraction of sp³-hybridized carbons (Fsp3) is 0.280. The Bertz CT molecular complexity index is 1390. The average Bonchev–Trinajstić information content (AvgIpc) is 3.48. The van der Waals surface area contributed by atoms with E-state index in [1.54, 1.807) is 18.1 Å². The van der Waals surface area contributed by atoms with E-state index in [0.29, 0.717) is 23.1 Å². The quantitative estimate of drug-likeness (QED) is 0.328. The second-order valence-electron chi connectivity index (χ2n) is 8.69. The summed E-state index contributed by atoms with van der Waals surface area (Å²) in [5.74, 6) is 0.682. The molecule has 0 aliphatic heterocycles. The third-order valence-electron chi connectivity index (χ3n) is 5.69. The number of carbonyl (C=O) groups excluding carboxylic acids is 1. The number of nitrogens with one attached hydrogen (secondary N) is 2. The van der Waals surface area contributed by atoms with Crippen LogP contribution in [0, 0.1) is 0 Å². The highest BCUT2D eigenvalue weighted by Crippen LogP contribution is 2.38. The van der Waals surface area contributed by atoms with Crippen molar-refractivity contribution < 1.29 is 9.53 Å². The number of methoxy groups -OCH3 is 1. The van der Waals surface area contributed by atoms with Crippen LogP contribution in [-0.4, -0.2) is 76.3 Å². The lowest BCUT2D eigenvalue weighted by Gasteiger charge is -2.25. The summed E-state index contributed by atoms with van der Waals surface area (Å²) in [5, 5.41) is 10.4. The van der Waals surface area contributed by atoms with E-state index in [1.165, 1.54) is 6.08 Å². The second kappa shape index (κ2) is 10.5. The third kappa shape index (κ3) is 5.47. The summed E-state index contributed by atoms with van der Waals surface area (Å²) in [6.07, 6.45) is 8.65. The Morgan fingerprint density at radius 1 is 1.14 bits per heavy atom. The summed E-state index contributed by atoms with van der Waals surface area (Å²) in [6.45, 7) is 5.17. The highest BCUT2D eigenvalue weighted by Gasteiger charge is 2.17. The van der Waals surface area contributed by atoms with E-state index in [-0.39, 0.29) is 5.91 Å². The first-order chi connectivity index (χ1) is 17.3. The van der Waals surface area contributed by atoms with Crippen LogP contribution in [0.5, 0.6) is 5.75 Å². The molecule has 4 aromatic rings. The fourth-order valence-electron chi connectivity index (χ4n) is 3.72. The summed E-state index contributed by atoms with van der Waals surface area (Å²) in [4.78, 5) is 25.4. The number of hydrogen-bond acceptors (Lipinski definition) is 8. The zero-order valence-electron chi connectivity index (χ0n) is 21.2.